The van der Waals surface area contributed by atoms with Crippen LogP contribution in [0.4, 0.5) is 10.2 Å². The van der Waals surface area contributed by atoms with Gasteiger partial charge in [-0.3, -0.25) is 0 Å². The maximum absolute atomic E-state index is 14.6. The minimum atomic E-state index is -0.165. The Balaban J connectivity index is 2.17. The maximum atomic E-state index is 14.6. The van der Waals surface area contributed by atoms with Crippen LogP contribution in [0.15, 0.2) is 12.3 Å². The van der Waals surface area contributed by atoms with Crippen molar-refractivity contribution in [3.8, 4) is 0 Å². The molecule has 4 heteroatoms. The van der Waals surface area contributed by atoms with Gasteiger partial charge >= 0.3 is 0 Å². The van der Waals surface area contributed by atoms with Gasteiger partial charge in [-0.25, -0.2) is 9.37 Å². The molecule has 112 valence electrons. The van der Waals surface area contributed by atoms with Crippen LogP contribution in [0.5, 0.6) is 0 Å². The molecule has 1 aromatic rings. The first-order chi connectivity index (χ1) is 9.49. The first kappa shape index (κ1) is 15.2. The first-order valence-electron chi connectivity index (χ1n) is 7.62. The third kappa shape index (κ3) is 3.48. The quantitative estimate of drug-likeness (QED) is 0.916. The SMILES string of the molecule is CC1CCN(c2nccc(CNC(C)C)c2F)C(C)C1. The number of aromatic nitrogens is 1. The Hall–Kier alpha value is -1.16. The molecule has 1 N–H and O–H groups in total. The van der Waals surface area contributed by atoms with Crippen molar-refractivity contribution in [3.63, 3.8) is 0 Å². The molecular weight excluding hydrogens is 253 g/mol. The second-order valence-corrected chi connectivity index (χ2v) is 6.32. The molecule has 2 unspecified atom stereocenters. The highest BCUT2D eigenvalue weighted by Crippen LogP contribution is 2.29. The average molecular weight is 279 g/mol. The van der Waals surface area contributed by atoms with Gasteiger partial charge < -0.3 is 10.2 Å². The molecule has 0 aromatic carbocycles. The lowest BCUT2D eigenvalue weighted by Crippen LogP contribution is -2.41. The van der Waals surface area contributed by atoms with E-state index in [1.54, 1.807) is 12.3 Å². The van der Waals surface area contributed by atoms with Crippen LogP contribution in [0.1, 0.15) is 46.1 Å². The summed E-state index contributed by atoms with van der Waals surface area (Å²) in [6.07, 6.45) is 3.94. The van der Waals surface area contributed by atoms with Crippen molar-refractivity contribution in [1.82, 2.24) is 10.3 Å². The molecular formula is C16H26FN3. The lowest BCUT2D eigenvalue weighted by atomic mass is 9.93. The molecule has 3 nitrogen and oxygen atoms in total. The summed E-state index contributed by atoms with van der Waals surface area (Å²) in [7, 11) is 0. The smallest absolute Gasteiger partial charge is 0.170 e. The van der Waals surface area contributed by atoms with Crippen molar-refractivity contribution in [1.29, 1.82) is 0 Å². The second-order valence-electron chi connectivity index (χ2n) is 6.32. The van der Waals surface area contributed by atoms with Crippen molar-refractivity contribution in [2.24, 2.45) is 5.92 Å². The van der Waals surface area contributed by atoms with Gasteiger partial charge in [0.25, 0.3) is 0 Å². The number of halogens is 1. The molecule has 1 aliphatic heterocycles. The number of anilines is 1. The van der Waals surface area contributed by atoms with E-state index in [2.05, 4.69) is 42.9 Å². The van der Waals surface area contributed by atoms with Crippen LogP contribution in [-0.4, -0.2) is 23.6 Å². The zero-order valence-corrected chi connectivity index (χ0v) is 13.0. The van der Waals surface area contributed by atoms with Crippen LogP contribution in [0.3, 0.4) is 0 Å². The minimum absolute atomic E-state index is 0.165. The van der Waals surface area contributed by atoms with Crippen LogP contribution in [0, 0.1) is 11.7 Å². The van der Waals surface area contributed by atoms with Crippen LogP contribution < -0.4 is 10.2 Å². The molecule has 1 aliphatic rings. The molecule has 0 bridgehead atoms. The standard InChI is InChI=1S/C16H26FN3/c1-11(2)19-10-14-5-7-18-16(15(14)17)20-8-6-12(3)9-13(20)4/h5,7,11-13,19H,6,8-10H2,1-4H3. The zero-order valence-electron chi connectivity index (χ0n) is 13.0. The van der Waals surface area contributed by atoms with Crippen molar-refractivity contribution in [3.05, 3.63) is 23.6 Å². The summed E-state index contributed by atoms with van der Waals surface area (Å²) >= 11 is 0. The van der Waals surface area contributed by atoms with E-state index < -0.39 is 0 Å². The van der Waals surface area contributed by atoms with Gasteiger partial charge in [-0.05, 0) is 31.7 Å². The van der Waals surface area contributed by atoms with Crippen molar-refractivity contribution in [2.45, 2.75) is 59.2 Å². The van der Waals surface area contributed by atoms with Gasteiger partial charge in [-0.1, -0.05) is 20.8 Å². The summed E-state index contributed by atoms with van der Waals surface area (Å²) in [5.41, 5.74) is 0.703. The van der Waals surface area contributed by atoms with Crippen molar-refractivity contribution < 1.29 is 4.39 Å². The Labute approximate surface area is 121 Å². The fraction of sp³-hybridized carbons (Fsp3) is 0.688. The molecule has 2 atom stereocenters. The number of pyridine rings is 1. The summed E-state index contributed by atoms with van der Waals surface area (Å²) in [6.45, 7) is 10.0. The minimum Gasteiger partial charge on any atom is -0.351 e. The van der Waals surface area contributed by atoms with Crippen LogP contribution in [0.2, 0.25) is 0 Å². The highest BCUT2D eigenvalue weighted by molar-refractivity contribution is 5.44. The van der Waals surface area contributed by atoms with Gasteiger partial charge in [0, 0.05) is 36.9 Å². The Morgan fingerprint density at radius 3 is 2.85 bits per heavy atom. The predicted octanol–water partition coefficient (Wildman–Crippen LogP) is 3.34. The first-order valence-corrected chi connectivity index (χ1v) is 7.62. The Morgan fingerprint density at radius 1 is 1.45 bits per heavy atom. The summed E-state index contributed by atoms with van der Waals surface area (Å²) in [5, 5.41) is 3.26. The van der Waals surface area contributed by atoms with Gasteiger partial charge in [-0.2, -0.15) is 0 Å². The molecule has 0 spiro atoms. The van der Waals surface area contributed by atoms with E-state index in [0.29, 0.717) is 30.0 Å². The van der Waals surface area contributed by atoms with E-state index in [9.17, 15) is 4.39 Å². The second kappa shape index (κ2) is 6.53. The van der Waals surface area contributed by atoms with Crippen molar-refractivity contribution in [2.75, 3.05) is 11.4 Å². The van der Waals surface area contributed by atoms with E-state index in [-0.39, 0.29) is 5.82 Å². The molecule has 0 radical (unpaired) electrons. The number of hydrogen-bond donors (Lipinski definition) is 1. The lowest BCUT2D eigenvalue weighted by Gasteiger charge is -2.37. The van der Waals surface area contributed by atoms with Crippen molar-refractivity contribution >= 4 is 5.82 Å². The molecule has 20 heavy (non-hydrogen) atoms. The number of rotatable bonds is 4. The summed E-state index contributed by atoms with van der Waals surface area (Å²) < 4.78 is 14.6. The van der Waals surface area contributed by atoms with Gasteiger partial charge in [0.15, 0.2) is 11.6 Å². The predicted molar refractivity (Wildman–Crippen MR) is 81.4 cm³/mol. The van der Waals surface area contributed by atoms with E-state index >= 15 is 0 Å². The van der Waals surface area contributed by atoms with Gasteiger partial charge in [0.05, 0.1) is 0 Å². The molecule has 1 saturated heterocycles. The highest BCUT2D eigenvalue weighted by atomic mass is 19.1. The topological polar surface area (TPSA) is 28.2 Å². The van der Waals surface area contributed by atoms with Crippen LogP contribution >= 0.6 is 0 Å². The Morgan fingerprint density at radius 2 is 2.20 bits per heavy atom. The highest BCUT2D eigenvalue weighted by Gasteiger charge is 2.26. The van der Waals surface area contributed by atoms with E-state index in [1.807, 2.05) is 0 Å². The third-order valence-corrected chi connectivity index (χ3v) is 4.06. The third-order valence-electron chi connectivity index (χ3n) is 4.06. The monoisotopic (exact) mass is 279 g/mol. The summed E-state index contributed by atoms with van der Waals surface area (Å²) in [6, 6.07) is 2.47. The van der Waals surface area contributed by atoms with Crippen LogP contribution in [-0.2, 0) is 6.54 Å². The largest absolute Gasteiger partial charge is 0.351 e. The normalized spacial score (nSPS) is 23.4. The number of nitrogens with zero attached hydrogens (tertiary/aromatic N) is 2. The van der Waals surface area contributed by atoms with Gasteiger partial charge in [-0.15, -0.1) is 0 Å². The van der Waals surface area contributed by atoms with E-state index in [1.165, 1.54) is 0 Å². The Kier molecular flexibility index (Phi) is 4.97. The lowest BCUT2D eigenvalue weighted by molar-refractivity contribution is 0.372. The summed E-state index contributed by atoms with van der Waals surface area (Å²) in [4.78, 5) is 6.41. The fourth-order valence-electron chi connectivity index (χ4n) is 2.84. The molecule has 0 saturated carbocycles. The number of nitrogens with one attached hydrogen (secondary N) is 1. The number of piperidine rings is 1. The molecule has 1 aromatic heterocycles. The fourth-order valence-corrected chi connectivity index (χ4v) is 2.84. The van der Waals surface area contributed by atoms with E-state index in [0.717, 1.165) is 25.3 Å². The molecule has 0 aliphatic carbocycles. The van der Waals surface area contributed by atoms with Gasteiger partial charge in [0.2, 0.25) is 0 Å². The van der Waals surface area contributed by atoms with Crippen LogP contribution in [0.25, 0.3) is 0 Å². The molecule has 1 fully saturated rings. The summed E-state index contributed by atoms with van der Waals surface area (Å²) in [5.74, 6) is 1.07. The van der Waals surface area contributed by atoms with E-state index in [4.69, 9.17) is 0 Å². The average Bonchev–Trinajstić information content (AvgIpc) is 2.38. The molecule has 2 heterocycles. The molecule has 0 amide bonds. The van der Waals surface area contributed by atoms with Gasteiger partial charge in [0.1, 0.15) is 0 Å². The molecule has 2 rings (SSSR count). The maximum Gasteiger partial charge on any atom is 0.170 e. The number of hydrogen-bond acceptors (Lipinski definition) is 3. The Bertz CT molecular complexity index is 447. The zero-order chi connectivity index (χ0) is 14.7.